The highest BCUT2D eigenvalue weighted by atomic mass is 32.1. The third-order valence-electron chi connectivity index (χ3n) is 2.90. The van der Waals surface area contributed by atoms with Crippen molar-refractivity contribution in [3.05, 3.63) is 5.82 Å². The molecule has 1 aliphatic carbocycles. The smallest absolute Gasteiger partial charge is 0.202 e. The maximum atomic E-state index is 5.68. The normalized spacial score (nSPS) is 26.9. The fourth-order valence-electron chi connectivity index (χ4n) is 1.76. The average molecular weight is 240 g/mol. The van der Waals surface area contributed by atoms with Gasteiger partial charge in [0.15, 0.2) is 5.82 Å². The van der Waals surface area contributed by atoms with Crippen molar-refractivity contribution in [3.8, 4) is 0 Å². The van der Waals surface area contributed by atoms with Gasteiger partial charge in [0.2, 0.25) is 5.13 Å². The number of ether oxygens (including phenoxy) is 1. The minimum atomic E-state index is 0.0461. The molecule has 0 radical (unpaired) electrons. The number of morpholine rings is 1. The molecule has 16 heavy (non-hydrogen) atoms. The van der Waals surface area contributed by atoms with Gasteiger partial charge in [-0.2, -0.15) is 4.37 Å². The molecule has 2 aliphatic rings. The van der Waals surface area contributed by atoms with Crippen LogP contribution in [0.4, 0.5) is 5.13 Å². The standard InChI is InChI=1S/C10H16N4OS/c1-14-4-5-15-8(6-14)9-12-10(16-13-9)11-7-2-3-7/h7-8H,2-6H2,1H3,(H,11,12,13). The Balaban J connectivity index is 1.65. The van der Waals surface area contributed by atoms with Gasteiger partial charge >= 0.3 is 0 Å². The third-order valence-corrected chi connectivity index (χ3v) is 3.56. The van der Waals surface area contributed by atoms with Crippen molar-refractivity contribution in [1.82, 2.24) is 14.3 Å². The molecule has 1 aliphatic heterocycles. The molecule has 0 bridgehead atoms. The van der Waals surface area contributed by atoms with Gasteiger partial charge in [0.1, 0.15) is 6.10 Å². The van der Waals surface area contributed by atoms with E-state index in [9.17, 15) is 0 Å². The lowest BCUT2D eigenvalue weighted by molar-refractivity contribution is -0.0248. The summed E-state index contributed by atoms with van der Waals surface area (Å²) in [6, 6.07) is 0.635. The molecule has 1 atom stereocenters. The van der Waals surface area contributed by atoms with Crippen molar-refractivity contribution in [3.63, 3.8) is 0 Å². The summed E-state index contributed by atoms with van der Waals surface area (Å²) in [4.78, 5) is 6.75. The summed E-state index contributed by atoms with van der Waals surface area (Å²) in [6.07, 6.45) is 2.57. The summed E-state index contributed by atoms with van der Waals surface area (Å²) in [7, 11) is 2.10. The maximum Gasteiger partial charge on any atom is 0.202 e. The Bertz CT molecular complexity index is 365. The zero-order valence-electron chi connectivity index (χ0n) is 9.35. The lowest BCUT2D eigenvalue weighted by Gasteiger charge is -2.28. The molecule has 6 heteroatoms. The topological polar surface area (TPSA) is 50.3 Å². The Morgan fingerprint density at radius 3 is 3.12 bits per heavy atom. The van der Waals surface area contributed by atoms with E-state index >= 15 is 0 Å². The summed E-state index contributed by atoms with van der Waals surface area (Å²) in [6.45, 7) is 2.65. The number of rotatable bonds is 3. The van der Waals surface area contributed by atoms with E-state index in [-0.39, 0.29) is 6.10 Å². The van der Waals surface area contributed by atoms with Crippen LogP contribution in [0, 0.1) is 0 Å². The Labute approximate surface area is 99.0 Å². The Kier molecular flexibility index (Phi) is 2.79. The number of likely N-dealkylation sites (N-methyl/N-ethyl adjacent to an activating group) is 1. The zero-order chi connectivity index (χ0) is 11.0. The lowest BCUT2D eigenvalue weighted by atomic mass is 10.3. The summed E-state index contributed by atoms with van der Waals surface area (Å²) in [5.74, 6) is 0.833. The average Bonchev–Trinajstić information content (AvgIpc) is 2.94. The molecule has 1 aromatic rings. The van der Waals surface area contributed by atoms with Crippen molar-refractivity contribution in [2.75, 3.05) is 32.1 Å². The van der Waals surface area contributed by atoms with Crippen LogP contribution in [0.5, 0.6) is 0 Å². The Morgan fingerprint density at radius 1 is 1.50 bits per heavy atom. The van der Waals surface area contributed by atoms with Crippen LogP contribution in [-0.4, -0.2) is 47.0 Å². The van der Waals surface area contributed by atoms with Crippen molar-refractivity contribution >= 4 is 16.7 Å². The summed E-state index contributed by atoms with van der Waals surface area (Å²) in [5.41, 5.74) is 0. The molecule has 0 spiro atoms. The monoisotopic (exact) mass is 240 g/mol. The van der Waals surface area contributed by atoms with E-state index in [1.54, 1.807) is 0 Å². The van der Waals surface area contributed by atoms with E-state index in [0.29, 0.717) is 6.04 Å². The number of nitrogens with one attached hydrogen (secondary N) is 1. The van der Waals surface area contributed by atoms with E-state index < -0.39 is 0 Å². The molecule has 1 unspecified atom stereocenters. The van der Waals surface area contributed by atoms with Gasteiger partial charge in [0.05, 0.1) is 6.61 Å². The number of hydrogen-bond acceptors (Lipinski definition) is 6. The van der Waals surface area contributed by atoms with Gasteiger partial charge in [-0.25, -0.2) is 4.98 Å². The predicted octanol–water partition coefficient (Wildman–Crippen LogP) is 1.12. The molecule has 2 heterocycles. The molecular formula is C10H16N4OS. The Morgan fingerprint density at radius 2 is 2.38 bits per heavy atom. The van der Waals surface area contributed by atoms with Gasteiger partial charge in [-0.15, -0.1) is 0 Å². The van der Waals surface area contributed by atoms with E-state index in [2.05, 4.69) is 26.6 Å². The zero-order valence-corrected chi connectivity index (χ0v) is 10.2. The SMILES string of the molecule is CN1CCOC(c2nsc(NC3CC3)n2)C1. The van der Waals surface area contributed by atoms with Crippen LogP contribution in [0.2, 0.25) is 0 Å². The van der Waals surface area contributed by atoms with Gasteiger partial charge < -0.3 is 15.0 Å². The van der Waals surface area contributed by atoms with Gasteiger partial charge in [-0.1, -0.05) is 0 Å². The first-order valence-electron chi connectivity index (χ1n) is 5.71. The Hall–Kier alpha value is -0.720. The van der Waals surface area contributed by atoms with Crippen LogP contribution in [0.25, 0.3) is 0 Å². The van der Waals surface area contributed by atoms with Crippen molar-refractivity contribution in [2.24, 2.45) is 0 Å². The molecule has 0 amide bonds. The molecule has 1 saturated heterocycles. The van der Waals surface area contributed by atoms with E-state index in [4.69, 9.17) is 4.74 Å². The van der Waals surface area contributed by atoms with Crippen LogP contribution in [0.1, 0.15) is 24.8 Å². The summed E-state index contributed by atoms with van der Waals surface area (Å²) >= 11 is 1.44. The maximum absolute atomic E-state index is 5.68. The quantitative estimate of drug-likeness (QED) is 0.858. The molecule has 5 nitrogen and oxygen atoms in total. The second-order valence-electron chi connectivity index (χ2n) is 4.50. The largest absolute Gasteiger partial charge is 0.367 e. The van der Waals surface area contributed by atoms with Crippen LogP contribution >= 0.6 is 11.5 Å². The van der Waals surface area contributed by atoms with Crippen LogP contribution in [0.15, 0.2) is 0 Å². The molecule has 88 valence electrons. The van der Waals surface area contributed by atoms with Crippen LogP contribution in [-0.2, 0) is 4.74 Å². The molecule has 1 aromatic heterocycles. The first kappa shape index (κ1) is 10.4. The minimum absolute atomic E-state index is 0.0461. The molecular weight excluding hydrogens is 224 g/mol. The van der Waals surface area contributed by atoms with Gasteiger partial charge in [-0.05, 0) is 19.9 Å². The molecule has 1 N–H and O–H groups in total. The van der Waals surface area contributed by atoms with Crippen LogP contribution in [0.3, 0.4) is 0 Å². The van der Waals surface area contributed by atoms with Crippen LogP contribution < -0.4 is 5.32 Å². The highest BCUT2D eigenvalue weighted by molar-refractivity contribution is 7.09. The van der Waals surface area contributed by atoms with Crippen molar-refractivity contribution in [1.29, 1.82) is 0 Å². The van der Waals surface area contributed by atoms with Crippen molar-refractivity contribution < 1.29 is 4.74 Å². The van der Waals surface area contributed by atoms with E-state index in [1.807, 2.05) is 0 Å². The van der Waals surface area contributed by atoms with Gasteiger partial charge in [0.25, 0.3) is 0 Å². The lowest BCUT2D eigenvalue weighted by Crippen LogP contribution is -2.35. The number of hydrogen-bond donors (Lipinski definition) is 1. The van der Waals surface area contributed by atoms with Gasteiger partial charge in [-0.3, -0.25) is 0 Å². The molecule has 0 aromatic carbocycles. The minimum Gasteiger partial charge on any atom is -0.367 e. The van der Waals surface area contributed by atoms with Crippen molar-refractivity contribution in [2.45, 2.75) is 25.0 Å². The highest BCUT2D eigenvalue weighted by Crippen LogP contribution is 2.27. The fraction of sp³-hybridized carbons (Fsp3) is 0.800. The second kappa shape index (κ2) is 4.27. The number of anilines is 1. The molecule has 1 saturated carbocycles. The first-order valence-corrected chi connectivity index (χ1v) is 6.49. The highest BCUT2D eigenvalue weighted by Gasteiger charge is 2.26. The molecule has 2 fully saturated rings. The second-order valence-corrected chi connectivity index (χ2v) is 5.25. The third kappa shape index (κ3) is 2.34. The fourth-order valence-corrected chi connectivity index (χ4v) is 2.45. The van der Waals surface area contributed by atoms with E-state index in [1.165, 1.54) is 24.4 Å². The summed E-state index contributed by atoms with van der Waals surface area (Å²) < 4.78 is 10.1. The van der Waals surface area contributed by atoms with Gasteiger partial charge in [0, 0.05) is 30.7 Å². The first-order chi connectivity index (χ1) is 7.81. The summed E-state index contributed by atoms with van der Waals surface area (Å²) in [5, 5.41) is 4.30. The van der Waals surface area contributed by atoms with E-state index in [0.717, 1.165) is 30.7 Å². The predicted molar refractivity (Wildman–Crippen MR) is 62.7 cm³/mol. The number of nitrogens with zero attached hydrogens (tertiary/aromatic N) is 3. The number of aromatic nitrogens is 2. The molecule has 3 rings (SSSR count).